The highest BCUT2D eigenvalue weighted by Crippen LogP contribution is 2.23. The number of aliphatic carboxylic acids is 1. The van der Waals surface area contributed by atoms with E-state index in [9.17, 15) is 9.59 Å². The predicted octanol–water partition coefficient (Wildman–Crippen LogP) is 7.72. The smallest absolute Gasteiger partial charge is 0.307 e. The van der Waals surface area contributed by atoms with Gasteiger partial charge in [0, 0.05) is 18.0 Å². The molecule has 1 aromatic carbocycles. The first-order chi connectivity index (χ1) is 15.6. The van der Waals surface area contributed by atoms with E-state index >= 15 is 0 Å². The molecular weight excluding hydrogens is 398 g/mol. The second-order valence-corrected chi connectivity index (χ2v) is 8.49. The first kappa shape index (κ1) is 25.6. The zero-order chi connectivity index (χ0) is 23.0. The Balaban J connectivity index is 1.60. The summed E-state index contributed by atoms with van der Waals surface area (Å²) in [6.07, 6.45) is 24.0. The molecule has 4 nitrogen and oxygen atoms in total. The van der Waals surface area contributed by atoms with Crippen molar-refractivity contribution >= 4 is 22.8 Å². The Labute approximate surface area is 193 Å². The van der Waals surface area contributed by atoms with Gasteiger partial charge in [-0.3, -0.25) is 14.2 Å². The highest BCUT2D eigenvalue weighted by molar-refractivity contribution is 5.95. The number of allylic oxidation sites excluding steroid dienone is 4. The van der Waals surface area contributed by atoms with E-state index in [1.54, 1.807) is 10.8 Å². The summed E-state index contributed by atoms with van der Waals surface area (Å²) >= 11 is 0. The third kappa shape index (κ3) is 9.25. The Morgan fingerprint density at radius 3 is 2.25 bits per heavy atom. The number of hydrogen-bond acceptors (Lipinski definition) is 2. The molecule has 0 atom stereocenters. The van der Waals surface area contributed by atoms with Crippen molar-refractivity contribution < 1.29 is 14.7 Å². The minimum Gasteiger partial charge on any atom is -0.481 e. The van der Waals surface area contributed by atoms with Crippen molar-refractivity contribution in [1.29, 1.82) is 0 Å². The van der Waals surface area contributed by atoms with E-state index in [1.807, 2.05) is 24.3 Å². The molecule has 0 spiro atoms. The van der Waals surface area contributed by atoms with Gasteiger partial charge in [0.1, 0.15) is 0 Å². The lowest BCUT2D eigenvalue weighted by Crippen LogP contribution is -2.09. The highest BCUT2D eigenvalue weighted by Gasteiger charge is 2.14. The Bertz CT molecular complexity index is 891. The lowest BCUT2D eigenvalue weighted by Gasteiger charge is -2.04. The molecule has 0 radical (unpaired) electrons. The largest absolute Gasteiger partial charge is 0.481 e. The van der Waals surface area contributed by atoms with E-state index in [1.165, 1.54) is 38.5 Å². The van der Waals surface area contributed by atoms with Crippen LogP contribution in [-0.4, -0.2) is 21.6 Å². The van der Waals surface area contributed by atoms with E-state index in [2.05, 4.69) is 31.2 Å². The predicted molar refractivity (Wildman–Crippen MR) is 133 cm³/mol. The second-order valence-electron chi connectivity index (χ2n) is 8.49. The summed E-state index contributed by atoms with van der Waals surface area (Å²) in [5.74, 6) is -0.836. The van der Waals surface area contributed by atoms with Crippen LogP contribution in [0.1, 0.15) is 94.3 Å². The molecule has 1 aromatic heterocycles. The van der Waals surface area contributed by atoms with Gasteiger partial charge < -0.3 is 5.11 Å². The number of hydrogen-bond donors (Lipinski definition) is 1. The van der Waals surface area contributed by atoms with Gasteiger partial charge in [-0.05, 0) is 50.2 Å². The Morgan fingerprint density at radius 1 is 0.875 bits per heavy atom. The first-order valence-electron chi connectivity index (χ1n) is 12.3. The minimum absolute atomic E-state index is 0.0449. The fraction of sp³-hybridized carbons (Fsp3) is 0.500. The van der Waals surface area contributed by atoms with Crippen molar-refractivity contribution in [2.45, 2.75) is 90.4 Å². The molecule has 0 amide bonds. The summed E-state index contributed by atoms with van der Waals surface area (Å²) in [5.41, 5.74) is 1.50. The van der Waals surface area contributed by atoms with Crippen molar-refractivity contribution in [3.05, 3.63) is 60.3 Å². The molecule has 0 bridgehead atoms. The molecule has 1 heterocycles. The van der Waals surface area contributed by atoms with Crippen LogP contribution in [0.2, 0.25) is 0 Å². The van der Waals surface area contributed by atoms with Crippen molar-refractivity contribution in [1.82, 2.24) is 4.57 Å². The summed E-state index contributed by atoms with van der Waals surface area (Å²) in [6, 6.07) is 7.53. The quantitative estimate of drug-likeness (QED) is 0.216. The van der Waals surface area contributed by atoms with Gasteiger partial charge in [-0.25, -0.2) is 0 Å². The van der Waals surface area contributed by atoms with Gasteiger partial charge in [0.25, 0.3) is 0 Å². The number of carbonyl (C=O) groups excluding carboxylic acids is 1. The van der Waals surface area contributed by atoms with Gasteiger partial charge in [-0.1, -0.05) is 81.5 Å². The van der Waals surface area contributed by atoms with Crippen molar-refractivity contribution in [3.8, 4) is 0 Å². The molecule has 174 valence electrons. The summed E-state index contributed by atoms with van der Waals surface area (Å²) in [6.45, 7) is 2.23. The van der Waals surface area contributed by atoms with Crippen molar-refractivity contribution in [3.63, 3.8) is 0 Å². The fourth-order valence-electron chi connectivity index (χ4n) is 3.97. The van der Waals surface area contributed by atoms with Crippen LogP contribution in [0.4, 0.5) is 0 Å². The fourth-order valence-corrected chi connectivity index (χ4v) is 3.97. The SMILES string of the molecule is CCCCCC=CCC=CCCCCCCCC(=O)n1cc(CC(=O)O)c2ccccc21. The van der Waals surface area contributed by atoms with E-state index < -0.39 is 5.97 Å². The Kier molecular flexibility index (Phi) is 12.2. The number of carboxylic acid groups (broad SMARTS) is 1. The lowest BCUT2D eigenvalue weighted by molar-refractivity contribution is -0.136. The molecule has 2 rings (SSSR count). The van der Waals surface area contributed by atoms with Crippen LogP contribution in [0.5, 0.6) is 0 Å². The van der Waals surface area contributed by atoms with Crippen LogP contribution in [0.25, 0.3) is 10.9 Å². The molecule has 0 aliphatic rings. The van der Waals surface area contributed by atoms with Gasteiger partial charge in [-0.2, -0.15) is 0 Å². The number of aromatic nitrogens is 1. The molecule has 2 aromatic rings. The molecule has 0 fully saturated rings. The van der Waals surface area contributed by atoms with Crippen LogP contribution >= 0.6 is 0 Å². The number of carbonyl (C=O) groups is 2. The zero-order valence-corrected chi connectivity index (χ0v) is 19.6. The standard InChI is InChI=1S/C28H39NO3/c1-2-3-4-5-6-7-8-9-10-11-12-13-14-15-16-21-27(30)29-23-24(22-28(31)32)25-19-17-18-20-26(25)29/h6-7,9-10,17-20,23H,2-5,8,11-16,21-22H2,1H3,(H,31,32). The molecule has 0 aliphatic heterocycles. The number of nitrogens with zero attached hydrogens (tertiary/aromatic N) is 1. The first-order valence-corrected chi connectivity index (χ1v) is 12.3. The lowest BCUT2D eigenvalue weighted by atomic mass is 10.1. The summed E-state index contributed by atoms with van der Waals surface area (Å²) < 4.78 is 1.64. The molecule has 0 saturated heterocycles. The van der Waals surface area contributed by atoms with Crippen molar-refractivity contribution in [2.24, 2.45) is 0 Å². The van der Waals surface area contributed by atoms with E-state index in [0.717, 1.165) is 43.0 Å². The Morgan fingerprint density at radius 2 is 1.53 bits per heavy atom. The molecule has 0 saturated carbocycles. The normalized spacial score (nSPS) is 11.8. The third-order valence-corrected chi connectivity index (χ3v) is 5.75. The second kappa shape index (κ2) is 15.2. The maximum atomic E-state index is 12.7. The monoisotopic (exact) mass is 437 g/mol. The van der Waals surface area contributed by atoms with E-state index in [-0.39, 0.29) is 12.3 Å². The van der Waals surface area contributed by atoms with Crippen LogP contribution in [0, 0.1) is 0 Å². The van der Waals surface area contributed by atoms with Crippen LogP contribution in [0.15, 0.2) is 54.8 Å². The van der Waals surface area contributed by atoms with Crippen LogP contribution in [0.3, 0.4) is 0 Å². The summed E-state index contributed by atoms with van der Waals surface area (Å²) in [4.78, 5) is 23.8. The molecule has 4 heteroatoms. The number of carboxylic acids is 1. The van der Waals surface area contributed by atoms with Gasteiger partial charge in [0.2, 0.25) is 5.91 Å². The van der Waals surface area contributed by atoms with Crippen LogP contribution < -0.4 is 0 Å². The molecular formula is C28H39NO3. The number of fused-ring (bicyclic) bond motifs is 1. The average molecular weight is 438 g/mol. The van der Waals surface area contributed by atoms with Crippen LogP contribution in [-0.2, 0) is 11.2 Å². The summed E-state index contributed by atoms with van der Waals surface area (Å²) in [7, 11) is 0. The van der Waals surface area contributed by atoms with Gasteiger partial charge in [0.05, 0.1) is 11.9 Å². The number of rotatable bonds is 16. The van der Waals surface area contributed by atoms with Gasteiger partial charge in [0.15, 0.2) is 0 Å². The Hall–Kier alpha value is -2.62. The third-order valence-electron chi connectivity index (χ3n) is 5.75. The van der Waals surface area contributed by atoms with E-state index in [0.29, 0.717) is 12.0 Å². The van der Waals surface area contributed by atoms with Crippen molar-refractivity contribution in [2.75, 3.05) is 0 Å². The molecule has 0 unspecified atom stereocenters. The topological polar surface area (TPSA) is 59.3 Å². The molecule has 1 N–H and O–H groups in total. The van der Waals surface area contributed by atoms with Gasteiger partial charge >= 0.3 is 5.97 Å². The summed E-state index contributed by atoms with van der Waals surface area (Å²) in [5, 5.41) is 9.98. The maximum Gasteiger partial charge on any atom is 0.307 e. The zero-order valence-electron chi connectivity index (χ0n) is 19.6. The maximum absolute atomic E-state index is 12.7. The number of unbranched alkanes of at least 4 members (excludes halogenated alkanes) is 8. The van der Waals surface area contributed by atoms with Gasteiger partial charge in [-0.15, -0.1) is 0 Å². The molecule has 32 heavy (non-hydrogen) atoms. The number of para-hydroxylation sites is 1. The highest BCUT2D eigenvalue weighted by atomic mass is 16.4. The minimum atomic E-state index is -0.880. The molecule has 0 aliphatic carbocycles. The number of benzene rings is 1. The van der Waals surface area contributed by atoms with E-state index in [4.69, 9.17) is 5.11 Å². The average Bonchev–Trinajstić information content (AvgIpc) is 3.14.